The molecule has 154 valence electrons. The highest BCUT2D eigenvalue weighted by Gasteiger charge is 2.21. The molecule has 0 aliphatic rings. The Morgan fingerprint density at radius 3 is 2.44 bits per heavy atom. The number of carbonyl (C=O) groups is 2. The Morgan fingerprint density at radius 1 is 1.22 bits per heavy atom. The zero-order valence-corrected chi connectivity index (χ0v) is 18.0. The van der Waals surface area contributed by atoms with E-state index in [1.165, 1.54) is 11.3 Å². The van der Waals surface area contributed by atoms with Crippen LogP contribution in [0.4, 0.5) is 10.5 Å². The molecule has 4 N–H and O–H groups in total. The Morgan fingerprint density at radius 2 is 1.89 bits per heavy atom. The monoisotopic (exact) mass is 400 g/mol. The zero-order chi connectivity index (χ0) is 20.6. The van der Waals surface area contributed by atoms with Crippen LogP contribution in [0, 0.1) is 5.92 Å². The van der Waals surface area contributed by atoms with E-state index < -0.39 is 17.7 Å². The number of rotatable bonds is 9. The van der Waals surface area contributed by atoms with Crippen molar-refractivity contribution in [2.24, 2.45) is 5.92 Å². The van der Waals surface area contributed by atoms with Gasteiger partial charge in [-0.05, 0) is 39.7 Å². The van der Waals surface area contributed by atoms with E-state index in [9.17, 15) is 9.59 Å². The Kier molecular flexibility index (Phi) is 9.01. The van der Waals surface area contributed by atoms with E-state index in [4.69, 9.17) is 9.47 Å². The molecule has 0 aliphatic carbocycles. The van der Waals surface area contributed by atoms with Crippen LogP contribution < -0.4 is 21.5 Å². The number of hydrogen-bond acceptors (Lipinski definition) is 7. The summed E-state index contributed by atoms with van der Waals surface area (Å²) >= 11 is 1.52. The van der Waals surface area contributed by atoms with Gasteiger partial charge in [0.1, 0.15) is 17.9 Å². The maximum Gasteiger partial charge on any atom is 0.408 e. The first-order valence-electron chi connectivity index (χ1n) is 8.90. The lowest BCUT2D eigenvalue weighted by atomic mass is 10.2. The van der Waals surface area contributed by atoms with Gasteiger partial charge in [0, 0.05) is 17.4 Å². The van der Waals surface area contributed by atoms with Gasteiger partial charge in [0.2, 0.25) is 5.91 Å². The molecular formula is C18H32N4O4S. The van der Waals surface area contributed by atoms with E-state index >= 15 is 0 Å². The minimum absolute atomic E-state index is 0.104. The average Bonchev–Trinajstić information content (AvgIpc) is 2.98. The van der Waals surface area contributed by atoms with Crippen molar-refractivity contribution in [3.8, 4) is 0 Å². The molecule has 0 aliphatic heterocycles. The summed E-state index contributed by atoms with van der Waals surface area (Å²) in [6, 6.07) is 1.25. The second-order valence-electron chi connectivity index (χ2n) is 7.56. The van der Waals surface area contributed by atoms with Crippen molar-refractivity contribution in [3.63, 3.8) is 0 Å². The Labute approximate surface area is 165 Å². The number of thiophene rings is 1. The van der Waals surface area contributed by atoms with E-state index in [-0.39, 0.29) is 12.1 Å². The van der Waals surface area contributed by atoms with Crippen molar-refractivity contribution in [2.45, 2.75) is 66.0 Å². The molecule has 0 radical (unpaired) electrons. The molecule has 0 bridgehead atoms. The predicted octanol–water partition coefficient (Wildman–Crippen LogP) is 2.82. The topological polar surface area (TPSA) is 101 Å². The number of carbonyl (C=O) groups excluding carboxylic acids is 2. The number of amides is 2. The first-order chi connectivity index (χ1) is 12.5. The molecule has 1 aromatic heterocycles. The van der Waals surface area contributed by atoms with Crippen molar-refractivity contribution in [3.05, 3.63) is 16.3 Å². The number of ether oxygens (including phenoxy) is 2. The van der Waals surface area contributed by atoms with E-state index in [1.54, 1.807) is 34.8 Å². The van der Waals surface area contributed by atoms with Crippen LogP contribution in [0.5, 0.6) is 0 Å². The summed E-state index contributed by atoms with van der Waals surface area (Å²) in [6.45, 7) is 11.4. The summed E-state index contributed by atoms with van der Waals surface area (Å²) in [6.07, 6.45) is -0.718. The first kappa shape index (κ1) is 23.2. The van der Waals surface area contributed by atoms with Gasteiger partial charge in [0.15, 0.2) is 0 Å². The summed E-state index contributed by atoms with van der Waals surface area (Å²) in [5, 5.41) is 7.27. The van der Waals surface area contributed by atoms with Crippen molar-refractivity contribution in [2.75, 3.05) is 12.5 Å². The van der Waals surface area contributed by atoms with E-state index in [2.05, 4.69) is 35.3 Å². The lowest BCUT2D eigenvalue weighted by Crippen LogP contribution is -2.46. The van der Waals surface area contributed by atoms with Gasteiger partial charge in [-0.25, -0.2) is 10.2 Å². The molecule has 1 heterocycles. The molecule has 9 heteroatoms. The summed E-state index contributed by atoms with van der Waals surface area (Å²) in [5.41, 5.74) is 6.50. The van der Waals surface area contributed by atoms with Gasteiger partial charge in [-0.1, -0.05) is 13.8 Å². The maximum absolute atomic E-state index is 12.1. The molecule has 0 saturated heterocycles. The molecule has 0 fully saturated rings. The zero-order valence-electron chi connectivity index (χ0n) is 17.1. The Hall–Kier alpha value is -1.84. The van der Waals surface area contributed by atoms with Crippen LogP contribution >= 0.6 is 11.3 Å². The van der Waals surface area contributed by atoms with Gasteiger partial charge in [-0.15, -0.1) is 11.3 Å². The number of alkyl carbamates (subject to hydrolysis) is 1. The van der Waals surface area contributed by atoms with Crippen LogP contribution in [-0.4, -0.2) is 37.0 Å². The van der Waals surface area contributed by atoms with Crippen molar-refractivity contribution in [1.82, 2.24) is 16.1 Å². The minimum Gasteiger partial charge on any atom is -0.444 e. The molecule has 1 aromatic rings. The molecule has 8 nitrogen and oxygen atoms in total. The summed E-state index contributed by atoms with van der Waals surface area (Å²) < 4.78 is 10.5. The molecule has 0 saturated carbocycles. The second-order valence-corrected chi connectivity index (χ2v) is 8.55. The van der Waals surface area contributed by atoms with Crippen molar-refractivity contribution in [1.29, 1.82) is 0 Å². The molecule has 2 atom stereocenters. The van der Waals surface area contributed by atoms with Gasteiger partial charge >= 0.3 is 6.09 Å². The molecular weight excluding hydrogens is 368 g/mol. The van der Waals surface area contributed by atoms with E-state index in [0.717, 1.165) is 10.6 Å². The van der Waals surface area contributed by atoms with Crippen molar-refractivity contribution >= 4 is 29.0 Å². The van der Waals surface area contributed by atoms with Gasteiger partial charge in [-0.3, -0.25) is 4.79 Å². The number of anilines is 1. The lowest BCUT2D eigenvalue weighted by molar-refractivity contribution is -0.122. The molecule has 2 amide bonds. The minimum atomic E-state index is -0.687. The van der Waals surface area contributed by atoms with E-state index in [0.29, 0.717) is 12.5 Å². The van der Waals surface area contributed by atoms with Crippen LogP contribution in [-0.2, 0) is 20.8 Å². The Balaban J connectivity index is 2.41. The summed E-state index contributed by atoms with van der Waals surface area (Å²) in [4.78, 5) is 24.8. The second kappa shape index (κ2) is 10.5. The molecule has 0 unspecified atom stereocenters. The highest BCUT2D eigenvalue weighted by Crippen LogP contribution is 2.19. The molecule has 0 spiro atoms. The maximum atomic E-state index is 12.1. The molecule has 1 rings (SSSR count). The quantitative estimate of drug-likeness (QED) is 0.376. The highest BCUT2D eigenvalue weighted by molar-refractivity contribution is 7.10. The highest BCUT2D eigenvalue weighted by atomic mass is 32.1. The van der Waals surface area contributed by atoms with Crippen LogP contribution in [0.1, 0.15) is 46.4 Å². The summed E-state index contributed by atoms with van der Waals surface area (Å²) in [7, 11) is 1.65. The first-order valence-corrected chi connectivity index (χ1v) is 9.78. The third-order valence-corrected chi connectivity index (χ3v) is 4.37. The lowest BCUT2D eigenvalue weighted by Gasteiger charge is -2.21. The number of hydrazine groups is 1. The van der Waals surface area contributed by atoms with E-state index in [1.807, 2.05) is 11.4 Å². The van der Waals surface area contributed by atoms with Gasteiger partial charge in [-0.2, -0.15) is 0 Å². The van der Waals surface area contributed by atoms with Gasteiger partial charge in [0.05, 0.1) is 12.2 Å². The normalized spacial score (nSPS) is 13.8. The predicted molar refractivity (Wildman–Crippen MR) is 107 cm³/mol. The fourth-order valence-corrected chi connectivity index (χ4v) is 2.82. The van der Waals surface area contributed by atoms with Crippen LogP contribution in [0.15, 0.2) is 11.4 Å². The van der Waals surface area contributed by atoms with Crippen LogP contribution in [0.3, 0.4) is 0 Å². The van der Waals surface area contributed by atoms with Crippen molar-refractivity contribution < 1.29 is 19.1 Å². The smallest absolute Gasteiger partial charge is 0.408 e. The SMILES string of the molecule is CO[C@H](NNc1csc(CNC(=O)[C@H](C)NC(=O)OC(C)(C)C)c1)C(C)C. The summed E-state index contributed by atoms with van der Waals surface area (Å²) in [5.74, 6) is 0.0417. The van der Waals surface area contributed by atoms with Gasteiger partial charge in [0.25, 0.3) is 0 Å². The van der Waals surface area contributed by atoms with Crippen LogP contribution in [0.2, 0.25) is 0 Å². The number of methoxy groups -OCH3 is 1. The molecule has 0 aromatic carbocycles. The van der Waals surface area contributed by atoms with Gasteiger partial charge < -0.3 is 25.5 Å². The largest absolute Gasteiger partial charge is 0.444 e. The number of hydrogen-bond donors (Lipinski definition) is 4. The average molecular weight is 401 g/mol. The number of nitrogens with one attached hydrogen (secondary N) is 4. The fraction of sp³-hybridized carbons (Fsp3) is 0.667. The molecule has 27 heavy (non-hydrogen) atoms. The van der Waals surface area contributed by atoms with Crippen LogP contribution in [0.25, 0.3) is 0 Å². The third kappa shape index (κ3) is 9.07. The Bertz CT molecular complexity index is 613. The fourth-order valence-electron chi connectivity index (χ4n) is 2.07. The third-order valence-electron chi connectivity index (χ3n) is 3.44. The standard InChI is InChI=1S/C18H32N4O4S/c1-11(2)16(25-7)22-21-13-8-14(27-10-13)9-19-15(23)12(3)20-17(24)26-18(4,5)6/h8,10-12,16,21-22H,9H2,1-7H3,(H,19,23)(H,20,24)/t12-,16-/m0/s1.